The maximum atomic E-state index is 12.9. The minimum Gasteiger partial charge on any atom is -0.353 e. The summed E-state index contributed by atoms with van der Waals surface area (Å²) < 4.78 is 1.74. The first kappa shape index (κ1) is 19.6. The van der Waals surface area contributed by atoms with Gasteiger partial charge in [0.05, 0.1) is 24.2 Å². The van der Waals surface area contributed by atoms with Crippen molar-refractivity contribution in [3.63, 3.8) is 0 Å². The van der Waals surface area contributed by atoms with Gasteiger partial charge < -0.3 is 15.1 Å². The van der Waals surface area contributed by atoms with Crippen LogP contribution in [0.5, 0.6) is 0 Å². The van der Waals surface area contributed by atoms with Crippen molar-refractivity contribution in [1.82, 2.24) is 34.9 Å². The van der Waals surface area contributed by atoms with E-state index in [-0.39, 0.29) is 30.3 Å². The number of hydrogen-bond acceptors (Lipinski definition) is 7. The van der Waals surface area contributed by atoms with Gasteiger partial charge in [-0.25, -0.2) is 9.97 Å². The van der Waals surface area contributed by atoms with Gasteiger partial charge in [0, 0.05) is 46.3 Å². The lowest BCUT2D eigenvalue weighted by molar-refractivity contribution is -0.137. The quantitative estimate of drug-likeness (QED) is 0.736. The van der Waals surface area contributed by atoms with E-state index in [0.29, 0.717) is 39.3 Å². The number of nitrogens with one attached hydrogen (secondary N) is 1. The molecule has 156 valence electrons. The number of aryl methyl sites for hydroxylation is 1. The molecular formula is C19H28N8O2. The lowest BCUT2D eigenvalue weighted by Crippen LogP contribution is -2.60. The van der Waals surface area contributed by atoms with Crippen LogP contribution >= 0.6 is 0 Å². The summed E-state index contributed by atoms with van der Waals surface area (Å²) in [6, 6.07) is -0.242. The van der Waals surface area contributed by atoms with Gasteiger partial charge in [-0.2, -0.15) is 5.10 Å². The fourth-order valence-electron chi connectivity index (χ4n) is 4.28. The van der Waals surface area contributed by atoms with Crippen LogP contribution in [0.3, 0.4) is 0 Å². The Balaban J connectivity index is 1.39. The average Bonchev–Trinajstić information content (AvgIpc) is 3.09. The van der Waals surface area contributed by atoms with E-state index in [9.17, 15) is 9.59 Å². The highest BCUT2D eigenvalue weighted by Crippen LogP contribution is 2.23. The van der Waals surface area contributed by atoms with Gasteiger partial charge in [0.1, 0.15) is 12.1 Å². The van der Waals surface area contributed by atoms with E-state index < -0.39 is 0 Å². The van der Waals surface area contributed by atoms with Crippen molar-refractivity contribution in [2.24, 2.45) is 13.0 Å². The number of fused-ring (bicyclic) bond motifs is 1. The largest absolute Gasteiger partial charge is 0.353 e. The number of nitrogens with zero attached hydrogens (tertiary/aromatic N) is 7. The van der Waals surface area contributed by atoms with E-state index in [2.05, 4.69) is 25.3 Å². The van der Waals surface area contributed by atoms with Gasteiger partial charge in [-0.05, 0) is 5.92 Å². The minimum atomic E-state index is -0.242. The smallest absolute Gasteiger partial charge is 0.237 e. The maximum absolute atomic E-state index is 12.9. The number of hydrogen-bond donors (Lipinski definition) is 1. The van der Waals surface area contributed by atoms with Crippen LogP contribution < -0.4 is 10.2 Å². The van der Waals surface area contributed by atoms with E-state index in [0.717, 1.165) is 16.9 Å². The summed E-state index contributed by atoms with van der Waals surface area (Å²) in [5.74, 6) is 1.13. The Bertz CT molecular complexity index is 903. The summed E-state index contributed by atoms with van der Waals surface area (Å²) in [5, 5.41) is 8.10. The summed E-state index contributed by atoms with van der Waals surface area (Å²) in [5.41, 5.74) is 0.802. The first-order valence-corrected chi connectivity index (χ1v) is 10.1. The van der Waals surface area contributed by atoms with Gasteiger partial charge in [0.25, 0.3) is 0 Å². The molecule has 1 unspecified atom stereocenters. The Hall–Kier alpha value is -2.75. The van der Waals surface area contributed by atoms with E-state index in [4.69, 9.17) is 0 Å². The average molecular weight is 400 g/mol. The number of rotatable bonds is 4. The molecule has 0 radical (unpaired) electrons. The van der Waals surface area contributed by atoms with Gasteiger partial charge in [0.15, 0.2) is 5.65 Å². The molecule has 10 nitrogen and oxygen atoms in total. The SMILES string of the molecule is CC(C)C1C(=O)NCCN1CC(=O)N1CCN(c2ncnc3c2cnn3C)CC1. The van der Waals surface area contributed by atoms with E-state index in [1.807, 2.05) is 30.7 Å². The van der Waals surface area contributed by atoms with Crippen molar-refractivity contribution in [3.8, 4) is 0 Å². The number of carbonyl (C=O) groups is 2. The summed E-state index contributed by atoms with van der Waals surface area (Å²) in [6.07, 6.45) is 3.35. The van der Waals surface area contributed by atoms with Gasteiger partial charge in [-0.1, -0.05) is 13.8 Å². The van der Waals surface area contributed by atoms with Crippen molar-refractivity contribution in [1.29, 1.82) is 0 Å². The molecule has 0 aliphatic carbocycles. The van der Waals surface area contributed by atoms with E-state index in [1.165, 1.54) is 0 Å². The second kappa shape index (κ2) is 7.94. The summed E-state index contributed by atoms with van der Waals surface area (Å²) in [7, 11) is 1.86. The normalized spacial score (nSPS) is 21.1. The molecule has 1 N–H and O–H groups in total. The van der Waals surface area contributed by atoms with Crippen molar-refractivity contribution in [3.05, 3.63) is 12.5 Å². The molecule has 2 aliphatic rings. The summed E-state index contributed by atoms with van der Waals surface area (Å²) in [4.78, 5) is 39.9. The lowest BCUT2D eigenvalue weighted by Gasteiger charge is -2.40. The number of piperazine rings is 2. The van der Waals surface area contributed by atoms with Crippen molar-refractivity contribution >= 4 is 28.7 Å². The molecule has 2 aliphatic heterocycles. The Morgan fingerprint density at radius 2 is 1.97 bits per heavy atom. The number of carbonyl (C=O) groups excluding carboxylic acids is 2. The molecule has 1 atom stereocenters. The Kier molecular flexibility index (Phi) is 5.35. The van der Waals surface area contributed by atoms with Crippen LogP contribution in [0.4, 0.5) is 5.82 Å². The summed E-state index contributed by atoms with van der Waals surface area (Å²) in [6.45, 7) is 8.32. The van der Waals surface area contributed by atoms with Crippen LogP contribution in [-0.4, -0.2) is 93.2 Å². The van der Waals surface area contributed by atoms with Crippen molar-refractivity contribution in [2.45, 2.75) is 19.9 Å². The van der Waals surface area contributed by atoms with E-state index in [1.54, 1.807) is 17.2 Å². The second-order valence-electron chi connectivity index (χ2n) is 8.02. The minimum absolute atomic E-state index is 0.0214. The van der Waals surface area contributed by atoms with Crippen LogP contribution in [-0.2, 0) is 16.6 Å². The molecule has 29 heavy (non-hydrogen) atoms. The monoisotopic (exact) mass is 400 g/mol. The molecular weight excluding hydrogens is 372 g/mol. The zero-order chi connectivity index (χ0) is 20.5. The molecule has 2 fully saturated rings. The van der Waals surface area contributed by atoms with E-state index >= 15 is 0 Å². The zero-order valence-electron chi connectivity index (χ0n) is 17.2. The molecule has 0 bridgehead atoms. The molecule has 4 rings (SSSR count). The van der Waals surface area contributed by atoms with Gasteiger partial charge in [-0.3, -0.25) is 19.2 Å². The predicted molar refractivity (Wildman–Crippen MR) is 108 cm³/mol. The lowest BCUT2D eigenvalue weighted by atomic mass is 9.99. The molecule has 0 saturated carbocycles. The zero-order valence-corrected chi connectivity index (χ0v) is 17.2. The molecule has 2 amide bonds. The van der Waals surface area contributed by atoms with Crippen LogP contribution in [0.15, 0.2) is 12.5 Å². The molecule has 2 aromatic rings. The highest BCUT2D eigenvalue weighted by atomic mass is 16.2. The van der Waals surface area contributed by atoms with Crippen LogP contribution in [0.25, 0.3) is 11.0 Å². The Morgan fingerprint density at radius 3 is 2.69 bits per heavy atom. The maximum Gasteiger partial charge on any atom is 0.237 e. The Morgan fingerprint density at radius 1 is 1.21 bits per heavy atom. The summed E-state index contributed by atoms with van der Waals surface area (Å²) >= 11 is 0. The van der Waals surface area contributed by atoms with Crippen molar-refractivity contribution < 1.29 is 9.59 Å². The third-order valence-electron chi connectivity index (χ3n) is 5.77. The number of anilines is 1. The molecule has 0 aromatic carbocycles. The van der Waals surface area contributed by atoms with Crippen molar-refractivity contribution in [2.75, 3.05) is 50.7 Å². The van der Waals surface area contributed by atoms with Gasteiger partial charge >= 0.3 is 0 Å². The highest BCUT2D eigenvalue weighted by molar-refractivity contribution is 5.87. The first-order valence-electron chi connectivity index (χ1n) is 10.1. The third-order valence-corrected chi connectivity index (χ3v) is 5.77. The van der Waals surface area contributed by atoms with Gasteiger partial charge in [-0.15, -0.1) is 0 Å². The van der Waals surface area contributed by atoms with Crippen LogP contribution in [0.1, 0.15) is 13.8 Å². The molecule has 4 heterocycles. The predicted octanol–water partition coefficient (Wildman–Crippen LogP) is -0.532. The third kappa shape index (κ3) is 3.76. The number of amides is 2. The highest BCUT2D eigenvalue weighted by Gasteiger charge is 2.34. The topological polar surface area (TPSA) is 99.5 Å². The van der Waals surface area contributed by atoms with Gasteiger partial charge in [0.2, 0.25) is 11.8 Å². The fourth-order valence-corrected chi connectivity index (χ4v) is 4.28. The van der Waals surface area contributed by atoms with Crippen LogP contribution in [0.2, 0.25) is 0 Å². The molecule has 0 spiro atoms. The first-order chi connectivity index (χ1) is 14.0. The second-order valence-corrected chi connectivity index (χ2v) is 8.02. The van der Waals surface area contributed by atoms with Crippen LogP contribution in [0, 0.1) is 5.92 Å². The Labute approximate surface area is 169 Å². The molecule has 2 aromatic heterocycles. The fraction of sp³-hybridized carbons (Fsp3) is 0.632. The molecule has 2 saturated heterocycles. The standard InChI is InChI=1S/C19H28N8O2/c1-13(2)16-19(29)20-4-5-27(16)11-15(28)25-6-8-26(9-7-25)18-14-10-23-24(3)17(14)21-12-22-18/h10,12-13,16H,4-9,11H2,1-3H3,(H,20,29). The molecule has 10 heteroatoms. The number of aromatic nitrogens is 4.